The number of nitrogens with two attached hydrogens (primary N) is 1. The molecule has 0 saturated heterocycles. The van der Waals surface area contributed by atoms with E-state index in [2.05, 4.69) is 49.0 Å². The van der Waals surface area contributed by atoms with Crippen molar-refractivity contribution in [3.63, 3.8) is 0 Å². The predicted molar refractivity (Wildman–Crippen MR) is 77.1 cm³/mol. The van der Waals surface area contributed by atoms with Gasteiger partial charge in [-0.2, -0.15) is 11.8 Å². The summed E-state index contributed by atoms with van der Waals surface area (Å²) >= 11 is 1.95. The third-order valence-electron chi connectivity index (χ3n) is 2.21. The average molecular weight is 248 g/mol. The quantitative estimate of drug-likeness (QED) is 0.636. The van der Waals surface area contributed by atoms with E-state index >= 15 is 0 Å². The lowest BCUT2D eigenvalue weighted by molar-refractivity contribution is 0.437. The molecular formula is C14H20N2S. The van der Waals surface area contributed by atoms with Crippen molar-refractivity contribution >= 4 is 11.8 Å². The molecule has 0 saturated carbocycles. The van der Waals surface area contributed by atoms with Gasteiger partial charge in [-0.05, 0) is 31.8 Å². The average Bonchev–Trinajstić information content (AvgIpc) is 2.32. The van der Waals surface area contributed by atoms with Gasteiger partial charge in [-0.1, -0.05) is 24.0 Å². The van der Waals surface area contributed by atoms with Crippen LogP contribution in [0.5, 0.6) is 0 Å². The minimum atomic E-state index is 0.418. The molecule has 0 aliphatic carbocycles. The minimum absolute atomic E-state index is 0.418. The highest BCUT2D eigenvalue weighted by molar-refractivity contribution is 7.98. The zero-order chi connectivity index (χ0) is 12.5. The van der Waals surface area contributed by atoms with Crippen LogP contribution in [0.1, 0.15) is 11.1 Å². The third-order valence-corrected chi connectivity index (χ3v) is 3.22. The van der Waals surface area contributed by atoms with Crippen molar-refractivity contribution in [2.24, 2.45) is 5.73 Å². The molecule has 0 atom stereocenters. The van der Waals surface area contributed by atoms with E-state index < -0.39 is 0 Å². The topological polar surface area (TPSA) is 29.3 Å². The summed E-state index contributed by atoms with van der Waals surface area (Å²) < 4.78 is 0. The molecule has 0 fully saturated rings. The highest BCUT2D eigenvalue weighted by Gasteiger charge is 1.96. The van der Waals surface area contributed by atoms with Crippen LogP contribution in [0.4, 0.5) is 0 Å². The van der Waals surface area contributed by atoms with Crippen LogP contribution in [0.3, 0.4) is 0 Å². The summed E-state index contributed by atoms with van der Waals surface area (Å²) in [5.74, 6) is 8.15. The van der Waals surface area contributed by atoms with Crippen molar-refractivity contribution in [3.05, 3.63) is 35.4 Å². The molecule has 0 radical (unpaired) electrons. The maximum Gasteiger partial charge on any atom is 0.0555 e. The number of benzene rings is 1. The summed E-state index contributed by atoms with van der Waals surface area (Å²) in [6.45, 7) is 1.54. The summed E-state index contributed by atoms with van der Waals surface area (Å²) in [5.41, 5.74) is 7.75. The van der Waals surface area contributed by atoms with Gasteiger partial charge in [0.15, 0.2) is 0 Å². The number of nitrogens with zero attached hydrogens (tertiary/aromatic N) is 1. The molecule has 0 bridgehead atoms. The number of hydrogen-bond donors (Lipinski definition) is 1. The first-order chi connectivity index (χ1) is 8.22. The molecule has 1 aromatic carbocycles. The molecule has 0 aromatic heterocycles. The van der Waals surface area contributed by atoms with Crippen molar-refractivity contribution in [2.45, 2.75) is 5.75 Å². The molecule has 3 heteroatoms. The van der Waals surface area contributed by atoms with E-state index in [0.29, 0.717) is 6.54 Å². The molecule has 0 amide bonds. The highest BCUT2D eigenvalue weighted by Crippen LogP contribution is 2.13. The van der Waals surface area contributed by atoms with Gasteiger partial charge in [-0.25, -0.2) is 0 Å². The fourth-order valence-corrected chi connectivity index (χ4v) is 2.38. The van der Waals surface area contributed by atoms with Crippen LogP contribution >= 0.6 is 11.8 Å². The van der Waals surface area contributed by atoms with Crippen LogP contribution in [-0.4, -0.2) is 37.8 Å². The van der Waals surface area contributed by atoms with Gasteiger partial charge in [0, 0.05) is 23.6 Å². The standard InChI is InChI=1S/C14H20N2S/c1-16(2)9-10-17-12-14-6-3-5-13(11-14)7-4-8-15/h3,5-6,11H,8-10,12,15H2,1-2H3. The molecule has 1 aromatic rings. The Bertz CT molecular complexity index is 391. The van der Waals surface area contributed by atoms with Gasteiger partial charge in [0.2, 0.25) is 0 Å². The molecule has 0 aliphatic heterocycles. The molecule has 0 aliphatic rings. The summed E-state index contributed by atoms with van der Waals surface area (Å²) in [5, 5.41) is 0. The van der Waals surface area contributed by atoms with Gasteiger partial charge >= 0.3 is 0 Å². The van der Waals surface area contributed by atoms with E-state index in [9.17, 15) is 0 Å². The van der Waals surface area contributed by atoms with Gasteiger partial charge in [-0.3, -0.25) is 0 Å². The largest absolute Gasteiger partial charge is 0.320 e. The number of hydrogen-bond acceptors (Lipinski definition) is 3. The fourth-order valence-electron chi connectivity index (χ4n) is 1.33. The second-order valence-electron chi connectivity index (χ2n) is 4.06. The van der Waals surface area contributed by atoms with Crippen LogP contribution in [0.25, 0.3) is 0 Å². The van der Waals surface area contributed by atoms with E-state index in [1.54, 1.807) is 0 Å². The minimum Gasteiger partial charge on any atom is -0.320 e. The van der Waals surface area contributed by atoms with Crippen LogP contribution in [-0.2, 0) is 5.75 Å². The van der Waals surface area contributed by atoms with Gasteiger partial charge < -0.3 is 10.6 Å². The summed E-state index contributed by atoms with van der Waals surface area (Å²) in [6, 6.07) is 8.38. The lowest BCUT2D eigenvalue weighted by Gasteiger charge is -2.08. The predicted octanol–water partition coefficient (Wildman–Crippen LogP) is 1.79. The second-order valence-corrected chi connectivity index (χ2v) is 5.17. The normalized spacial score (nSPS) is 10.1. The van der Waals surface area contributed by atoms with Crippen LogP contribution in [0.15, 0.2) is 24.3 Å². The van der Waals surface area contributed by atoms with Crippen molar-refractivity contribution in [1.82, 2.24) is 4.90 Å². The monoisotopic (exact) mass is 248 g/mol. The molecule has 1 rings (SSSR count). The fraction of sp³-hybridized carbons (Fsp3) is 0.429. The first-order valence-electron chi connectivity index (χ1n) is 5.72. The highest BCUT2D eigenvalue weighted by atomic mass is 32.2. The Kier molecular flexibility index (Phi) is 6.80. The van der Waals surface area contributed by atoms with E-state index in [0.717, 1.165) is 23.6 Å². The molecule has 17 heavy (non-hydrogen) atoms. The molecule has 0 unspecified atom stereocenters. The maximum atomic E-state index is 5.36. The van der Waals surface area contributed by atoms with Crippen molar-refractivity contribution in [1.29, 1.82) is 0 Å². The molecule has 92 valence electrons. The SMILES string of the molecule is CN(C)CCSCc1cccc(C#CCN)c1. The van der Waals surface area contributed by atoms with Gasteiger partial charge in [0.05, 0.1) is 6.54 Å². The zero-order valence-electron chi connectivity index (χ0n) is 10.6. The Morgan fingerprint density at radius 1 is 1.35 bits per heavy atom. The Labute approximate surface area is 109 Å². The summed E-state index contributed by atoms with van der Waals surface area (Å²) in [7, 11) is 4.20. The van der Waals surface area contributed by atoms with Crippen molar-refractivity contribution in [2.75, 3.05) is 32.9 Å². The first-order valence-corrected chi connectivity index (χ1v) is 6.88. The lowest BCUT2D eigenvalue weighted by Crippen LogP contribution is -2.14. The summed E-state index contributed by atoms with van der Waals surface area (Å²) in [4.78, 5) is 2.20. The van der Waals surface area contributed by atoms with Gasteiger partial charge in [-0.15, -0.1) is 0 Å². The van der Waals surface area contributed by atoms with Gasteiger partial charge in [0.1, 0.15) is 0 Å². The molecule has 0 heterocycles. The van der Waals surface area contributed by atoms with Crippen LogP contribution in [0.2, 0.25) is 0 Å². The Morgan fingerprint density at radius 3 is 2.88 bits per heavy atom. The molecule has 2 nitrogen and oxygen atoms in total. The Balaban J connectivity index is 2.43. The van der Waals surface area contributed by atoms with Crippen LogP contribution in [0, 0.1) is 11.8 Å². The third kappa shape index (κ3) is 6.38. The number of thioether (sulfide) groups is 1. The van der Waals surface area contributed by atoms with Crippen molar-refractivity contribution in [3.8, 4) is 11.8 Å². The van der Waals surface area contributed by atoms with E-state index in [1.165, 1.54) is 5.56 Å². The molecule has 0 spiro atoms. The smallest absolute Gasteiger partial charge is 0.0555 e. The first kappa shape index (κ1) is 14.1. The van der Waals surface area contributed by atoms with Crippen molar-refractivity contribution < 1.29 is 0 Å². The number of rotatable bonds is 5. The van der Waals surface area contributed by atoms with Gasteiger partial charge in [0.25, 0.3) is 0 Å². The maximum absolute atomic E-state index is 5.36. The van der Waals surface area contributed by atoms with E-state index in [1.807, 2.05) is 17.8 Å². The van der Waals surface area contributed by atoms with Crippen LogP contribution < -0.4 is 5.73 Å². The van der Waals surface area contributed by atoms with E-state index in [-0.39, 0.29) is 0 Å². The lowest BCUT2D eigenvalue weighted by atomic mass is 10.1. The molecular weight excluding hydrogens is 228 g/mol. The Morgan fingerprint density at radius 2 is 2.18 bits per heavy atom. The second kappa shape index (κ2) is 8.19. The Hall–Kier alpha value is -0.950. The summed E-state index contributed by atoms with van der Waals surface area (Å²) in [6.07, 6.45) is 0. The zero-order valence-corrected chi connectivity index (χ0v) is 11.4. The van der Waals surface area contributed by atoms with E-state index in [4.69, 9.17) is 5.73 Å². The molecule has 2 N–H and O–H groups in total.